The van der Waals surface area contributed by atoms with Gasteiger partial charge >= 0.3 is 0 Å². The first kappa shape index (κ1) is 16.6. The lowest BCUT2D eigenvalue weighted by Gasteiger charge is -2.17. The second-order valence-electron chi connectivity index (χ2n) is 5.55. The molecule has 1 aromatic rings. The van der Waals surface area contributed by atoms with Crippen LogP contribution in [-0.4, -0.2) is 11.4 Å². The summed E-state index contributed by atoms with van der Waals surface area (Å²) in [7, 11) is 0. The van der Waals surface area contributed by atoms with E-state index in [1.54, 1.807) is 0 Å². The van der Waals surface area contributed by atoms with Gasteiger partial charge in [-0.2, -0.15) is 0 Å². The molecule has 0 unspecified atom stereocenters. The van der Waals surface area contributed by atoms with Crippen molar-refractivity contribution in [2.75, 3.05) is 0 Å². The zero-order valence-corrected chi connectivity index (χ0v) is 14.1. The molecule has 2 nitrogen and oxygen atoms in total. The molecule has 0 heterocycles. The summed E-state index contributed by atoms with van der Waals surface area (Å²) in [5.74, 6) is 0. The van der Waals surface area contributed by atoms with E-state index in [1.165, 1.54) is 16.7 Å². The number of aryl methyl sites for hydroxylation is 2. The summed E-state index contributed by atoms with van der Waals surface area (Å²) >= 11 is 0. The second kappa shape index (κ2) is 7.37. The van der Waals surface area contributed by atoms with Crippen molar-refractivity contribution in [3.05, 3.63) is 22.8 Å². The van der Waals surface area contributed by atoms with E-state index in [0.717, 1.165) is 42.1 Å². The van der Waals surface area contributed by atoms with E-state index in [-0.39, 0.29) is 0 Å². The Morgan fingerprint density at radius 2 is 1.15 bits per heavy atom. The topological polar surface area (TPSA) is 24.7 Å². The average molecular weight is 272 g/mol. The number of aliphatic imine (C=N–C) groups is 2. The van der Waals surface area contributed by atoms with E-state index in [1.807, 2.05) is 0 Å². The van der Waals surface area contributed by atoms with Crippen LogP contribution in [0.25, 0.3) is 0 Å². The summed E-state index contributed by atoms with van der Waals surface area (Å²) in [5, 5.41) is 0. The molecule has 0 atom stereocenters. The van der Waals surface area contributed by atoms with Gasteiger partial charge in [0.15, 0.2) is 0 Å². The fourth-order valence-corrected chi connectivity index (χ4v) is 2.45. The molecular weight excluding hydrogens is 244 g/mol. The fraction of sp³-hybridized carbons (Fsp3) is 0.556. The molecule has 0 saturated heterocycles. The van der Waals surface area contributed by atoms with E-state index in [4.69, 9.17) is 9.98 Å². The maximum absolute atomic E-state index is 4.79. The van der Waals surface area contributed by atoms with Crippen LogP contribution >= 0.6 is 0 Å². The SMILES string of the molecule is CCc1cc(CC)c(N=C(C)C)c(CC)c1N=C(C)C. The van der Waals surface area contributed by atoms with Gasteiger partial charge in [-0.1, -0.05) is 26.8 Å². The van der Waals surface area contributed by atoms with Gasteiger partial charge in [-0.3, -0.25) is 9.98 Å². The lowest BCUT2D eigenvalue weighted by Crippen LogP contribution is -1.97. The molecule has 0 aliphatic rings. The Kier molecular flexibility index (Phi) is 6.12. The summed E-state index contributed by atoms with van der Waals surface area (Å²) < 4.78 is 0. The monoisotopic (exact) mass is 272 g/mol. The Labute approximate surface area is 124 Å². The Morgan fingerprint density at radius 3 is 1.40 bits per heavy atom. The molecule has 1 aromatic carbocycles. The molecule has 110 valence electrons. The van der Waals surface area contributed by atoms with Crippen LogP contribution in [0.2, 0.25) is 0 Å². The molecule has 0 N–H and O–H groups in total. The van der Waals surface area contributed by atoms with E-state index >= 15 is 0 Å². The molecule has 0 saturated carbocycles. The lowest BCUT2D eigenvalue weighted by molar-refractivity contribution is 1.03. The van der Waals surface area contributed by atoms with E-state index in [9.17, 15) is 0 Å². The zero-order chi connectivity index (χ0) is 15.3. The van der Waals surface area contributed by atoms with E-state index in [2.05, 4.69) is 54.5 Å². The molecule has 0 fully saturated rings. The third kappa shape index (κ3) is 3.78. The lowest BCUT2D eigenvalue weighted by atomic mass is 9.95. The molecular formula is C18H28N2. The first-order chi connectivity index (χ1) is 9.44. The summed E-state index contributed by atoms with van der Waals surface area (Å²) in [6.45, 7) is 14.8. The van der Waals surface area contributed by atoms with E-state index in [0.29, 0.717) is 0 Å². The van der Waals surface area contributed by atoms with Gasteiger partial charge in [-0.05, 0) is 58.1 Å². The third-order valence-electron chi connectivity index (χ3n) is 3.31. The highest BCUT2D eigenvalue weighted by Gasteiger charge is 2.15. The Bertz CT molecular complexity index is 485. The van der Waals surface area contributed by atoms with Gasteiger partial charge in [0, 0.05) is 17.0 Å². The van der Waals surface area contributed by atoms with Crippen LogP contribution in [0.3, 0.4) is 0 Å². The summed E-state index contributed by atoms with van der Waals surface area (Å²) in [6.07, 6.45) is 3.00. The number of hydrogen-bond donors (Lipinski definition) is 0. The largest absolute Gasteiger partial charge is 0.258 e. The van der Waals surface area contributed by atoms with Crippen LogP contribution < -0.4 is 0 Å². The zero-order valence-electron chi connectivity index (χ0n) is 14.1. The van der Waals surface area contributed by atoms with Crippen molar-refractivity contribution in [3.63, 3.8) is 0 Å². The van der Waals surface area contributed by atoms with Crippen LogP contribution in [0.4, 0.5) is 11.4 Å². The van der Waals surface area contributed by atoms with Crippen molar-refractivity contribution in [2.45, 2.75) is 67.7 Å². The standard InChI is InChI=1S/C18H28N2/c1-8-14-11-15(9-2)18(20-13(6)7)16(10-3)17(14)19-12(4)5/h11H,8-10H2,1-7H3. The van der Waals surface area contributed by atoms with Gasteiger partial charge in [-0.25, -0.2) is 0 Å². The van der Waals surface area contributed by atoms with Gasteiger partial charge in [-0.15, -0.1) is 0 Å². The van der Waals surface area contributed by atoms with Crippen molar-refractivity contribution in [3.8, 4) is 0 Å². The molecule has 0 spiro atoms. The highest BCUT2D eigenvalue weighted by atomic mass is 14.8. The molecule has 0 radical (unpaired) electrons. The number of rotatable bonds is 5. The maximum Gasteiger partial charge on any atom is 0.0714 e. The van der Waals surface area contributed by atoms with Crippen molar-refractivity contribution in [2.24, 2.45) is 9.98 Å². The van der Waals surface area contributed by atoms with Crippen LogP contribution in [0, 0.1) is 0 Å². The maximum atomic E-state index is 4.79. The molecule has 1 rings (SSSR count). The minimum Gasteiger partial charge on any atom is -0.258 e. The van der Waals surface area contributed by atoms with Crippen LogP contribution in [0.1, 0.15) is 65.2 Å². The van der Waals surface area contributed by atoms with Crippen molar-refractivity contribution >= 4 is 22.8 Å². The van der Waals surface area contributed by atoms with Crippen molar-refractivity contribution < 1.29 is 0 Å². The molecule has 0 bridgehead atoms. The Morgan fingerprint density at radius 1 is 0.750 bits per heavy atom. The first-order valence-electron chi connectivity index (χ1n) is 7.65. The predicted octanol–water partition coefficient (Wildman–Crippen LogP) is 5.60. The smallest absolute Gasteiger partial charge is 0.0714 e. The predicted molar refractivity (Wildman–Crippen MR) is 91.5 cm³/mol. The average Bonchev–Trinajstić information content (AvgIpc) is 2.38. The van der Waals surface area contributed by atoms with Crippen LogP contribution in [0.5, 0.6) is 0 Å². The highest BCUT2D eigenvalue weighted by molar-refractivity contribution is 5.87. The first-order valence-corrected chi connectivity index (χ1v) is 7.65. The van der Waals surface area contributed by atoms with Gasteiger partial charge in [0.05, 0.1) is 11.4 Å². The summed E-state index contributed by atoms with van der Waals surface area (Å²) in [5.41, 5.74) is 8.46. The summed E-state index contributed by atoms with van der Waals surface area (Å²) in [6, 6.07) is 2.29. The van der Waals surface area contributed by atoms with E-state index < -0.39 is 0 Å². The Balaban J connectivity index is 3.73. The molecule has 20 heavy (non-hydrogen) atoms. The second-order valence-corrected chi connectivity index (χ2v) is 5.55. The van der Waals surface area contributed by atoms with Gasteiger partial charge in [0.2, 0.25) is 0 Å². The number of hydrogen-bond acceptors (Lipinski definition) is 2. The van der Waals surface area contributed by atoms with Gasteiger partial charge < -0.3 is 0 Å². The normalized spacial score (nSPS) is 10.3. The third-order valence-corrected chi connectivity index (χ3v) is 3.31. The molecule has 0 aromatic heterocycles. The molecule has 0 aliphatic heterocycles. The van der Waals surface area contributed by atoms with Gasteiger partial charge in [0.25, 0.3) is 0 Å². The van der Waals surface area contributed by atoms with Crippen LogP contribution in [0.15, 0.2) is 16.1 Å². The highest BCUT2D eigenvalue weighted by Crippen LogP contribution is 2.37. The minimum absolute atomic E-state index is 0.971. The quantitative estimate of drug-likeness (QED) is 0.623. The minimum atomic E-state index is 0.971. The molecule has 0 aliphatic carbocycles. The molecule has 0 amide bonds. The van der Waals surface area contributed by atoms with Crippen molar-refractivity contribution in [1.29, 1.82) is 0 Å². The Hall–Kier alpha value is -1.44. The number of nitrogens with zero attached hydrogens (tertiary/aromatic N) is 2. The van der Waals surface area contributed by atoms with Gasteiger partial charge in [0.1, 0.15) is 0 Å². The van der Waals surface area contributed by atoms with Crippen LogP contribution in [-0.2, 0) is 19.3 Å². The number of benzene rings is 1. The molecule has 2 heteroatoms. The van der Waals surface area contributed by atoms with Crippen molar-refractivity contribution in [1.82, 2.24) is 0 Å². The fourth-order valence-electron chi connectivity index (χ4n) is 2.45. The summed E-state index contributed by atoms with van der Waals surface area (Å²) in [4.78, 5) is 9.58.